The summed E-state index contributed by atoms with van der Waals surface area (Å²) < 4.78 is 0. The molecular formula is C10H13N3O. The molecule has 2 saturated carbocycles. The summed E-state index contributed by atoms with van der Waals surface area (Å²) in [7, 11) is 0. The molecule has 1 heterocycles. The molecule has 1 amide bonds. The molecule has 1 aromatic heterocycles. The molecule has 0 bridgehead atoms. The first kappa shape index (κ1) is 8.03. The van der Waals surface area contributed by atoms with Crippen molar-refractivity contribution in [2.45, 2.75) is 19.3 Å². The van der Waals surface area contributed by atoms with Crippen LogP contribution in [0.25, 0.3) is 0 Å². The van der Waals surface area contributed by atoms with Crippen LogP contribution in [0.2, 0.25) is 0 Å². The molecule has 0 spiro atoms. The van der Waals surface area contributed by atoms with Crippen LogP contribution in [0, 0.1) is 17.8 Å². The standard InChI is InChI=1S/C10H13N3O/c14-10(12-9-1-2-11-13-9)8-4-6-3-7(6)5-8/h1-2,6-8H,3-5H2,(H2,11,12,13,14). The Hall–Kier alpha value is -1.32. The first-order chi connectivity index (χ1) is 6.83. The molecule has 4 nitrogen and oxygen atoms in total. The Labute approximate surface area is 82.1 Å². The van der Waals surface area contributed by atoms with Gasteiger partial charge in [-0.1, -0.05) is 0 Å². The summed E-state index contributed by atoms with van der Waals surface area (Å²) in [6, 6.07) is 1.77. The van der Waals surface area contributed by atoms with Crippen molar-refractivity contribution in [2.75, 3.05) is 5.32 Å². The fourth-order valence-corrected chi connectivity index (χ4v) is 2.49. The number of H-pyrrole nitrogens is 1. The predicted molar refractivity (Wildman–Crippen MR) is 51.5 cm³/mol. The Kier molecular flexibility index (Phi) is 1.63. The van der Waals surface area contributed by atoms with E-state index in [0.717, 1.165) is 24.7 Å². The molecule has 2 aliphatic carbocycles. The van der Waals surface area contributed by atoms with E-state index in [1.807, 2.05) is 0 Å². The number of nitrogens with zero attached hydrogens (tertiary/aromatic N) is 1. The van der Waals surface area contributed by atoms with Gasteiger partial charge in [-0.3, -0.25) is 9.89 Å². The third kappa shape index (κ3) is 1.31. The summed E-state index contributed by atoms with van der Waals surface area (Å²) in [5, 5.41) is 9.37. The first-order valence-electron chi connectivity index (χ1n) is 5.13. The van der Waals surface area contributed by atoms with Gasteiger partial charge in [-0.25, -0.2) is 0 Å². The minimum atomic E-state index is 0.154. The molecular weight excluding hydrogens is 178 g/mol. The molecule has 2 aliphatic rings. The molecule has 0 aromatic carbocycles. The number of anilines is 1. The highest BCUT2D eigenvalue weighted by Crippen LogP contribution is 2.54. The lowest BCUT2D eigenvalue weighted by molar-refractivity contribution is -0.120. The zero-order valence-electron chi connectivity index (χ0n) is 7.86. The van der Waals surface area contributed by atoms with Crippen molar-refractivity contribution >= 4 is 11.7 Å². The number of fused-ring (bicyclic) bond motifs is 1. The summed E-state index contributed by atoms with van der Waals surface area (Å²) in [6.07, 6.45) is 5.17. The van der Waals surface area contributed by atoms with E-state index in [1.165, 1.54) is 6.42 Å². The monoisotopic (exact) mass is 191 g/mol. The maximum Gasteiger partial charge on any atom is 0.228 e. The van der Waals surface area contributed by atoms with Crippen molar-refractivity contribution in [1.29, 1.82) is 0 Å². The van der Waals surface area contributed by atoms with Crippen LogP contribution in [0.5, 0.6) is 0 Å². The Morgan fingerprint density at radius 3 is 2.86 bits per heavy atom. The fraction of sp³-hybridized carbons (Fsp3) is 0.600. The van der Waals surface area contributed by atoms with E-state index in [0.29, 0.717) is 5.82 Å². The highest BCUT2D eigenvalue weighted by atomic mass is 16.2. The zero-order valence-corrected chi connectivity index (χ0v) is 7.86. The van der Waals surface area contributed by atoms with Crippen LogP contribution in [0.1, 0.15) is 19.3 Å². The third-order valence-electron chi connectivity index (χ3n) is 3.37. The number of aromatic amines is 1. The molecule has 3 rings (SSSR count). The van der Waals surface area contributed by atoms with Gasteiger partial charge in [0.15, 0.2) is 0 Å². The Balaban J connectivity index is 1.60. The Morgan fingerprint density at radius 1 is 1.43 bits per heavy atom. The second-order valence-corrected chi connectivity index (χ2v) is 4.38. The van der Waals surface area contributed by atoms with Crippen LogP contribution in [0.3, 0.4) is 0 Å². The quantitative estimate of drug-likeness (QED) is 0.742. The maximum absolute atomic E-state index is 11.7. The van der Waals surface area contributed by atoms with Crippen molar-refractivity contribution in [1.82, 2.24) is 10.2 Å². The zero-order chi connectivity index (χ0) is 9.54. The average molecular weight is 191 g/mol. The van der Waals surface area contributed by atoms with Crippen LogP contribution in [0.15, 0.2) is 12.3 Å². The molecule has 2 N–H and O–H groups in total. The summed E-state index contributed by atoms with van der Waals surface area (Å²) in [6.45, 7) is 0. The van der Waals surface area contributed by atoms with Gasteiger partial charge in [-0.05, 0) is 31.1 Å². The van der Waals surface area contributed by atoms with E-state index in [9.17, 15) is 4.79 Å². The average Bonchev–Trinajstić information content (AvgIpc) is 2.68. The molecule has 2 fully saturated rings. The van der Waals surface area contributed by atoms with Crippen LogP contribution in [-0.2, 0) is 4.79 Å². The predicted octanol–water partition coefficient (Wildman–Crippen LogP) is 1.39. The van der Waals surface area contributed by atoms with Crippen LogP contribution >= 0.6 is 0 Å². The van der Waals surface area contributed by atoms with Crippen LogP contribution < -0.4 is 5.32 Å². The number of nitrogens with one attached hydrogen (secondary N) is 2. The summed E-state index contributed by atoms with van der Waals surface area (Å²) in [4.78, 5) is 11.7. The van der Waals surface area contributed by atoms with E-state index >= 15 is 0 Å². The second-order valence-electron chi connectivity index (χ2n) is 4.38. The van der Waals surface area contributed by atoms with Crippen LogP contribution in [0.4, 0.5) is 5.82 Å². The number of hydrogen-bond acceptors (Lipinski definition) is 2. The first-order valence-corrected chi connectivity index (χ1v) is 5.13. The van der Waals surface area contributed by atoms with Gasteiger partial charge >= 0.3 is 0 Å². The molecule has 0 aliphatic heterocycles. The highest BCUT2D eigenvalue weighted by molar-refractivity contribution is 5.91. The molecule has 4 heteroatoms. The van der Waals surface area contributed by atoms with Crippen molar-refractivity contribution < 1.29 is 4.79 Å². The van der Waals surface area contributed by atoms with Gasteiger partial charge in [0.05, 0.1) is 6.20 Å². The number of carbonyl (C=O) groups is 1. The van der Waals surface area contributed by atoms with Gasteiger partial charge in [-0.2, -0.15) is 5.10 Å². The lowest BCUT2D eigenvalue weighted by Gasteiger charge is -2.10. The largest absolute Gasteiger partial charge is 0.311 e. The summed E-state index contributed by atoms with van der Waals surface area (Å²) in [5.41, 5.74) is 0. The van der Waals surface area contributed by atoms with E-state index in [1.54, 1.807) is 12.3 Å². The van der Waals surface area contributed by atoms with E-state index in [2.05, 4.69) is 15.5 Å². The minimum Gasteiger partial charge on any atom is -0.311 e. The van der Waals surface area contributed by atoms with Crippen LogP contribution in [-0.4, -0.2) is 16.1 Å². The lowest BCUT2D eigenvalue weighted by Crippen LogP contribution is -2.21. The van der Waals surface area contributed by atoms with Gasteiger partial charge in [0.1, 0.15) is 5.82 Å². The molecule has 2 atom stereocenters. The summed E-state index contributed by atoms with van der Waals surface area (Å²) >= 11 is 0. The molecule has 1 aromatic rings. The molecule has 74 valence electrons. The van der Waals surface area contributed by atoms with E-state index in [4.69, 9.17) is 0 Å². The topological polar surface area (TPSA) is 57.8 Å². The van der Waals surface area contributed by atoms with E-state index < -0.39 is 0 Å². The van der Waals surface area contributed by atoms with E-state index in [-0.39, 0.29) is 11.8 Å². The van der Waals surface area contributed by atoms with Crippen molar-refractivity contribution in [3.05, 3.63) is 12.3 Å². The van der Waals surface area contributed by atoms with Gasteiger partial charge in [0.25, 0.3) is 0 Å². The molecule has 0 saturated heterocycles. The SMILES string of the molecule is O=C(Nc1ccn[nH]1)C1CC2CC2C1. The smallest absolute Gasteiger partial charge is 0.228 e. The van der Waals surface area contributed by atoms with Crippen molar-refractivity contribution in [2.24, 2.45) is 17.8 Å². The Morgan fingerprint density at radius 2 is 2.21 bits per heavy atom. The van der Waals surface area contributed by atoms with Gasteiger partial charge in [-0.15, -0.1) is 0 Å². The van der Waals surface area contributed by atoms with Gasteiger partial charge in [0.2, 0.25) is 5.91 Å². The number of rotatable bonds is 2. The number of aromatic nitrogens is 2. The third-order valence-corrected chi connectivity index (χ3v) is 3.37. The highest BCUT2D eigenvalue weighted by Gasteiger charge is 2.47. The fourth-order valence-electron chi connectivity index (χ4n) is 2.49. The maximum atomic E-state index is 11.7. The molecule has 2 unspecified atom stereocenters. The normalized spacial score (nSPS) is 33.9. The number of amides is 1. The second kappa shape index (κ2) is 2.83. The minimum absolute atomic E-state index is 0.154. The van der Waals surface area contributed by atoms with Gasteiger partial charge in [0, 0.05) is 12.0 Å². The number of carbonyl (C=O) groups excluding carboxylic acids is 1. The number of hydrogen-bond donors (Lipinski definition) is 2. The summed E-state index contributed by atoms with van der Waals surface area (Å²) in [5.74, 6) is 2.80. The molecule has 0 radical (unpaired) electrons. The van der Waals surface area contributed by atoms with Crippen molar-refractivity contribution in [3.63, 3.8) is 0 Å². The lowest BCUT2D eigenvalue weighted by atomic mass is 10.0. The Bertz CT molecular complexity index is 336. The van der Waals surface area contributed by atoms with Crippen molar-refractivity contribution in [3.8, 4) is 0 Å². The van der Waals surface area contributed by atoms with Gasteiger partial charge < -0.3 is 5.32 Å². The molecule has 14 heavy (non-hydrogen) atoms.